The summed E-state index contributed by atoms with van der Waals surface area (Å²) in [5.41, 5.74) is 3.60. The molecule has 0 atom stereocenters. The van der Waals surface area contributed by atoms with Crippen molar-refractivity contribution in [3.05, 3.63) is 84.4 Å². The average Bonchev–Trinajstić information content (AvgIpc) is 3.22. The molecule has 1 amide bonds. The fourth-order valence-electron chi connectivity index (χ4n) is 3.39. The van der Waals surface area contributed by atoms with Crippen LogP contribution in [0.3, 0.4) is 0 Å². The predicted molar refractivity (Wildman–Crippen MR) is 124 cm³/mol. The Kier molecular flexibility index (Phi) is 5.09. The number of aryl methyl sites for hydroxylation is 1. The first kappa shape index (κ1) is 19.3. The smallest absolute Gasteiger partial charge is 0.234 e. The molecule has 1 N–H and O–H groups in total. The molecule has 0 saturated carbocycles. The lowest BCUT2D eigenvalue weighted by molar-refractivity contribution is -0.113. The Hall–Kier alpha value is -3.71. The Bertz CT molecular complexity index is 1390. The summed E-state index contributed by atoms with van der Waals surface area (Å²) in [6.07, 6.45) is 0. The molecule has 0 aliphatic heterocycles. The Morgan fingerprint density at radius 2 is 1.74 bits per heavy atom. The number of nitrogens with zero attached hydrogens (tertiary/aromatic N) is 4. The van der Waals surface area contributed by atoms with Gasteiger partial charge < -0.3 is 5.32 Å². The Morgan fingerprint density at radius 3 is 2.61 bits per heavy atom. The summed E-state index contributed by atoms with van der Waals surface area (Å²) in [6, 6.07) is 25.7. The van der Waals surface area contributed by atoms with Crippen molar-refractivity contribution in [2.75, 3.05) is 11.1 Å². The van der Waals surface area contributed by atoms with Gasteiger partial charge in [-0.05, 0) is 30.5 Å². The van der Waals surface area contributed by atoms with Gasteiger partial charge in [0.1, 0.15) is 5.03 Å². The Balaban J connectivity index is 1.33. The van der Waals surface area contributed by atoms with Gasteiger partial charge in [0.2, 0.25) is 5.91 Å². The molecule has 152 valence electrons. The van der Waals surface area contributed by atoms with Crippen LogP contribution in [0.25, 0.3) is 27.8 Å². The standard InChI is InChI=1S/C24H19N5OS/c1-16-9-11-18(12-10-16)24-27-26-21-13-14-23(28-29(21)24)31-15-22(30)25-20-8-4-6-17-5-2-3-7-19(17)20/h2-14H,15H2,1H3,(H,25,30). The summed E-state index contributed by atoms with van der Waals surface area (Å²) in [7, 11) is 0. The summed E-state index contributed by atoms with van der Waals surface area (Å²) in [4.78, 5) is 12.6. The van der Waals surface area contributed by atoms with Crippen LogP contribution in [-0.4, -0.2) is 31.5 Å². The molecule has 0 spiro atoms. The minimum absolute atomic E-state index is 0.0780. The van der Waals surface area contributed by atoms with Crippen molar-refractivity contribution in [1.29, 1.82) is 0 Å². The monoisotopic (exact) mass is 425 g/mol. The highest BCUT2D eigenvalue weighted by atomic mass is 32.2. The quantitative estimate of drug-likeness (QED) is 0.402. The summed E-state index contributed by atoms with van der Waals surface area (Å²) < 4.78 is 1.72. The second-order valence-electron chi connectivity index (χ2n) is 7.19. The van der Waals surface area contributed by atoms with Crippen molar-refractivity contribution >= 4 is 39.8 Å². The van der Waals surface area contributed by atoms with Gasteiger partial charge in [-0.25, -0.2) is 0 Å². The van der Waals surface area contributed by atoms with E-state index in [2.05, 4.69) is 20.6 Å². The summed E-state index contributed by atoms with van der Waals surface area (Å²) >= 11 is 1.38. The number of rotatable bonds is 5. The zero-order chi connectivity index (χ0) is 21.2. The van der Waals surface area contributed by atoms with Crippen LogP contribution in [0.5, 0.6) is 0 Å². The topological polar surface area (TPSA) is 72.2 Å². The number of hydrogen-bond donors (Lipinski definition) is 1. The second kappa shape index (κ2) is 8.20. The van der Waals surface area contributed by atoms with Gasteiger partial charge >= 0.3 is 0 Å². The molecule has 3 aromatic carbocycles. The Labute approximate surface area is 183 Å². The van der Waals surface area contributed by atoms with Gasteiger partial charge in [-0.1, -0.05) is 78.0 Å². The van der Waals surface area contributed by atoms with E-state index in [9.17, 15) is 4.79 Å². The van der Waals surface area contributed by atoms with Crippen molar-refractivity contribution in [2.45, 2.75) is 11.9 Å². The van der Waals surface area contributed by atoms with Gasteiger partial charge in [0.05, 0.1) is 5.75 Å². The van der Waals surface area contributed by atoms with E-state index in [1.807, 2.05) is 85.8 Å². The highest BCUT2D eigenvalue weighted by Crippen LogP contribution is 2.24. The SMILES string of the molecule is Cc1ccc(-c2nnc3ccc(SCC(=O)Nc4cccc5ccccc45)nn23)cc1. The number of hydrogen-bond acceptors (Lipinski definition) is 5. The summed E-state index contributed by atoms with van der Waals surface area (Å²) in [5, 5.41) is 19.0. The van der Waals surface area contributed by atoms with Gasteiger partial charge in [0.25, 0.3) is 0 Å². The largest absolute Gasteiger partial charge is 0.325 e. The molecule has 2 aromatic heterocycles. The van der Waals surface area contributed by atoms with Gasteiger partial charge in [0, 0.05) is 16.6 Å². The maximum absolute atomic E-state index is 12.6. The Morgan fingerprint density at radius 1 is 0.935 bits per heavy atom. The van der Waals surface area contributed by atoms with E-state index in [1.165, 1.54) is 17.3 Å². The summed E-state index contributed by atoms with van der Waals surface area (Å²) in [6.45, 7) is 2.04. The zero-order valence-electron chi connectivity index (χ0n) is 16.8. The fraction of sp³-hybridized carbons (Fsp3) is 0.0833. The van der Waals surface area contributed by atoms with E-state index in [0.29, 0.717) is 11.5 Å². The highest BCUT2D eigenvalue weighted by molar-refractivity contribution is 7.99. The first-order valence-electron chi connectivity index (χ1n) is 9.87. The molecule has 0 unspecified atom stereocenters. The number of carbonyl (C=O) groups excluding carboxylic acids is 1. The van der Waals surface area contributed by atoms with E-state index in [-0.39, 0.29) is 11.7 Å². The average molecular weight is 426 g/mol. The molecule has 5 aromatic rings. The molecular weight excluding hydrogens is 406 g/mol. The van der Waals surface area contributed by atoms with Crippen molar-refractivity contribution in [2.24, 2.45) is 0 Å². The van der Waals surface area contributed by atoms with Crippen molar-refractivity contribution < 1.29 is 4.79 Å². The molecule has 0 aliphatic rings. The van der Waals surface area contributed by atoms with E-state index < -0.39 is 0 Å². The second-order valence-corrected chi connectivity index (χ2v) is 8.19. The molecule has 0 bridgehead atoms. The van der Waals surface area contributed by atoms with E-state index in [0.717, 1.165) is 27.0 Å². The van der Waals surface area contributed by atoms with Gasteiger partial charge in [0.15, 0.2) is 11.5 Å². The van der Waals surface area contributed by atoms with Gasteiger partial charge in [-0.2, -0.15) is 9.61 Å². The molecule has 0 radical (unpaired) electrons. The first-order valence-corrected chi connectivity index (χ1v) is 10.9. The van der Waals surface area contributed by atoms with Gasteiger partial charge in [-0.15, -0.1) is 10.2 Å². The lowest BCUT2D eigenvalue weighted by atomic mass is 10.1. The number of benzene rings is 3. The molecule has 0 fully saturated rings. The summed E-state index contributed by atoms with van der Waals surface area (Å²) in [5.74, 6) is 0.854. The first-order chi connectivity index (χ1) is 15.2. The number of thioether (sulfide) groups is 1. The molecular formula is C24H19N5OS. The molecule has 6 nitrogen and oxygen atoms in total. The van der Waals surface area contributed by atoms with Crippen LogP contribution in [0, 0.1) is 6.92 Å². The predicted octanol–water partition coefficient (Wildman–Crippen LogP) is 4.98. The highest BCUT2D eigenvalue weighted by Gasteiger charge is 2.12. The lowest BCUT2D eigenvalue weighted by Gasteiger charge is -2.08. The number of fused-ring (bicyclic) bond motifs is 2. The van der Waals surface area contributed by atoms with E-state index in [1.54, 1.807) is 4.52 Å². The number of anilines is 1. The third-order valence-corrected chi connectivity index (χ3v) is 5.88. The normalized spacial score (nSPS) is 11.1. The van der Waals surface area contributed by atoms with Crippen molar-refractivity contribution in [3.8, 4) is 11.4 Å². The maximum Gasteiger partial charge on any atom is 0.234 e. The van der Waals surface area contributed by atoms with Crippen molar-refractivity contribution in [3.63, 3.8) is 0 Å². The van der Waals surface area contributed by atoms with Crippen LogP contribution in [0.1, 0.15) is 5.56 Å². The minimum atomic E-state index is -0.0780. The fourth-order valence-corrected chi connectivity index (χ4v) is 4.05. The van der Waals surface area contributed by atoms with E-state index in [4.69, 9.17) is 0 Å². The molecule has 31 heavy (non-hydrogen) atoms. The lowest BCUT2D eigenvalue weighted by Crippen LogP contribution is -2.14. The van der Waals surface area contributed by atoms with Crippen LogP contribution < -0.4 is 5.32 Å². The number of amides is 1. The molecule has 0 aliphatic carbocycles. The van der Waals surface area contributed by atoms with Crippen LogP contribution >= 0.6 is 11.8 Å². The van der Waals surface area contributed by atoms with Crippen LogP contribution in [0.2, 0.25) is 0 Å². The van der Waals surface area contributed by atoms with Crippen LogP contribution in [0.15, 0.2) is 83.9 Å². The minimum Gasteiger partial charge on any atom is -0.325 e. The molecule has 2 heterocycles. The van der Waals surface area contributed by atoms with Crippen LogP contribution in [-0.2, 0) is 4.79 Å². The van der Waals surface area contributed by atoms with E-state index >= 15 is 0 Å². The third kappa shape index (κ3) is 4.00. The molecule has 0 saturated heterocycles. The van der Waals surface area contributed by atoms with Crippen LogP contribution in [0.4, 0.5) is 5.69 Å². The molecule has 5 rings (SSSR count). The van der Waals surface area contributed by atoms with Crippen molar-refractivity contribution in [1.82, 2.24) is 19.8 Å². The maximum atomic E-state index is 12.6. The van der Waals surface area contributed by atoms with Gasteiger partial charge in [-0.3, -0.25) is 4.79 Å². The number of aromatic nitrogens is 4. The third-order valence-electron chi connectivity index (χ3n) is 4.96. The zero-order valence-corrected chi connectivity index (χ0v) is 17.6. The molecule has 7 heteroatoms. The number of carbonyl (C=O) groups is 1. The number of nitrogens with one attached hydrogen (secondary N) is 1.